The Morgan fingerprint density at radius 1 is 1.24 bits per heavy atom. The van der Waals surface area contributed by atoms with Gasteiger partial charge in [0.15, 0.2) is 0 Å². The van der Waals surface area contributed by atoms with Gasteiger partial charge in [-0.2, -0.15) is 13.2 Å². The maximum Gasteiger partial charge on any atom is 0.417 e. The third-order valence-electron chi connectivity index (χ3n) is 2.57. The third kappa shape index (κ3) is 2.50. The Bertz CT molecular complexity index is 957. The van der Waals surface area contributed by atoms with E-state index in [0.717, 1.165) is 0 Å². The van der Waals surface area contributed by atoms with Crippen LogP contribution < -0.4 is 16.3 Å². The van der Waals surface area contributed by atoms with Crippen LogP contribution in [0.4, 0.5) is 13.2 Å². The lowest BCUT2D eigenvalue weighted by molar-refractivity contribution is -0.139. The first-order valence-electron chi connectivity index (χ1n) is 5.05. The van der Waals surface area contributed by atoms with Crippen molar-refractivity contribution in [3.63, 3.8) is 0 Å². The molecule has 0 saturated carbocycles. The molecule has 0 amide bonds. The zero-order valence-electron chi connectivity index (χ0n) is 9.80. The molecular weight excluding hydrogens is 319 g/mol. The third-order valence-corrected chi connectivity index (χ3v) is 3.52. The van der Waals surface area contributed by atoms with Crippen molar-refractivity contribution in [1.82, 2.24) is 9.71 Å². The average molecular weight is 325 g/mol. The van der Waals surface area contributed by atoms with Crippen LogP contribution in [0.5, 0.6) is 0 Å². The van der Waals surface area contributed by atoms with E-state index in [2.05, 4.69) is 0 Å². The van der Waals surface area contributed by atoms with Crippen LogP contribution in [0.25, 0.3) is 11.0 Å². The van der Waals surface area contributed by atoms with Gasteiger partial charge in [0.2, 0.25) is 10.0 Å². The van der Waals surface area contributed by atoms with Crippen LogP contribution >= 0.6 is 0 Å². The highest BCUT2D eigenvalue weighted by Gasteiger charge is 2.37. The predicted molar refractivity (Wildman–Crippen MR) is 62.4 cm³/mol. The molecule has 0 unspecified atom stereocenters. The number of rotatable bonds is 1. The Kier molecular flexibility index (Phi) is 3.10. The monoisotopic (exact) mass is 325 g/mol. The van der Waals surface area contributed by atoms with Crippen molar-refractivity contribution >= 4 is 21.1 Å². The van der Waals surface area contributed by atoms with Crippen molar-refractivity contribution in [2.45, 2.75) is 11.1 Å². The molecule has 8 nitrogen and oxygen atoms in total. The topological polar surface area (TPSA) is 135 Å². The van der Waals surface area contributed by atoms with Crippen LogP contribution in [-0.4, -0.2) is 23.3 Å². The number of nitrogens with one attached hydrogen (secondary N) is 1. The van der Waals surface area contributed by atoms with E-state index in [4.69, 9.17) is 5.14 Å². The Labute approximate surface area is 113 Å². The number of halogens is 3. The lowest BCUT2D eigenvalue weighted by Crippen LogP contribution is -2.35. The van der Waals surface area contributed by atoms with Gasteiger partial charge in [-0.1, -0.05) is 0 Å². The summed E-state index contributed by atoms with van der Waals surface area (Å²) in [4.78, 5) is 22.8. The molecule has 0 atom stereocenters. The molecule has 1 aromatic carbocycles. The number of aromatic nitrogens is 2. The molecule has 0 aliphatic rings. The van der Waals surface area contributed by atoms with E-state index in [-0.39, 0.29) is 10.8 Å². The smallest absolute Gasteiger partial charge is 0.417 e. The SMILES string of the molecule is NS(=O)(=O)c1cc2c(cc1C(F)(F)F)[nH]c(=O)c(=O)n2O. The highest BCUT2D eigenvalue weighted by molar-refractivity contribution is 7.89. The van der Waals surface area contributed by atoms with Gasteiger partial charge in [0.25, 0.3) is 0 Å². The minimum atomic E-state index is -5.08. The number of nitrogens with zero attached hydrogens (tertiary/aromatic N) is 1. The van der Waals surface area contributed by atoms with Gasteiger partial charge in [0.05, 0.1) is 16.0 Å². The number of aromatic amines is 1. The molecule has 21 heavy (non-hydrogen) atoms. The molecular formula is C9H6F3N3O5S. The number of hydrogen-bond acceptors (Lipinski definition) is 5. The average Bonchev–Trinajstić information content (AvgIpc) is 2.32. The zero-order chi connectivity index (χ0) is 16.2. The summed E-state index contributed by atoms with van der Waals surface area (Å²) >= 11 is 0. The second-order valence-electron chi connectivity index (χ2n) is 3.98. The quantitative estimate of drug-likeness (QED) is 0.484. The second kappa shape index (κ2) is 4.33. The molecule has 0 fully saturated rings. The molecule has 0 spiro atoms. The second-order valence-corrected chi connectivity index (χ2v) is 5.51. The molecule has 0 saturated heterocycles. The molecule has 0 aliphatic carbocycles. The summed E-state index contributed by atoms with van der Waals surface area (Å²) in [6, 6.07) is 0.619. The van der Waals surface area contributed by atoms with Crippen LogP contribution in [-0.2, 0) is 16.2 Å². The number of H-pyrrole nitrogens is 1. The molecule has 0 bridgehead atoms. The summed E-state index contributed by atoms with van der Waals surface area (Å²) in [5, 5.41) is 14.1. The predicted octanol–water partition coefficient (Wildman–Crippen LogP) is -0.407. The molecule has 0 radical (unpaired) electrons. The number of benzene rings is 1. The molecule has 2 rings (SSSR count). The first kappa shape index (κ1) is 15.1. The summed E-state index contributed by atoms with van der Waals surface area (Å²) in [5.41, 5.74) is -5.71. The molecule has 4 N–H and O–H groups in total. The van der Waals surface area contributed by atoms with Gasteiger partial charge in [0.1, 0.15) is 5.52 Å². The summed E-state index contributed by atoms with van der Waals surface area (Å²) in [6.45, 7) is 0. The molecule has 0 aliphatic heterocycles. The highest BCUT2D eigenvalue weighted by Crippen LogP contribution is 2.35. The fourth-order valence-electron chi connectivity index (χ4n) is 1.68. The van der Waals surface area contributed by atoms with E-state index < -0.39 is 48.8 Å². The number of hydrogen-bond donors (Lipinski definition) is 3. The van der Waals surface area contributed by atoms with E-state index in [1.165, 1.54) is 0 Å². The summed E-state index contributed by atoms with van der Waals surface area (Å²) in [6.07, 6.45) is -5.08. The number of sulfonamides is 1. The molecule has 114 valence electrons. The van der Waals surface area contributed by atoms with Crippen molar-refractivity contribution in [1.29, 1.82) is 0 Å². The van der Waals surface area contributed by atoms with Gasteiger partial charge in [-0.25, -0.2) is 13.6 Å². The van der Waals surface area contributed by atoms with Crippen LogP contribution in [0.3, 0.4) is 0 Å². The Morgan fingerprint density at radius 2 is 1.81 bits per heavy atom. The number of primary sulfonamides is 1. The van der Waals surface area contributed by atoms with E-state index in [0.29, 0.717) is 6.07 Å². The summed E-state index contributed by atoms with van der Waals surface area (Å²) < 4.78 is 60.8. The van der Waals surface area contributed by atoms with Crippen molar-refractivity contribution in [2.24, 2.45) is 5.14 Å². The zero-order valence-corrected chi connectivity index (χ0v) is 10.6. The van der Waals surface area contributed by atoms with Crippen LogP contribution in [0.15, 0.2) is 26.6 Å². The minimum Gasteiger partial charge on any atom is -0.425 e. The van der Waals surface area contributed by atoms with Gasteiger partial charge in [-0.15, -0.1) is 4.73 Å². The van der Waals surface area contributed by atoms with E-state index in [1.807, 2.05) is 0 Å². The van der Waals surface area contributed by atoms with Crippen LogP contribution in [0.2, 0.25) is 0 Å². The van der Waals surface area contributed by atoms with E-state index in [1.54, 1.807) is 4.98 Å². The van der Waals surface area contributed by atoms with Crippen molar-refractivity contribution in [3.05, 3.63) is 38.4 Å². The Hall–Kier alpha value is -2.34. The Morgan fingerprint density at radius 3 is 2.29 bits per heavy atom. The van der Waals surface area contributed by atoms with Gasteiger partial charge in [0, 0.05) is 0 Å². The fourth-order valence-corrected chi connectivity index (χ4v) is 2.44. The van der Waals surface area contributed by atoms with Crippen molar-refractivity contribution < 1.29 is 26.8 Å². The van der Waals surface area contributed by atoms with Gasteiger partial charge in [-0.05, 0) is 12.1 Å². The van der Waals surface area contributed by atoms with E-state index >= 15 is 0 Å². The largest absolute Gasteiger partial charge is 0.425 e. The fraction of sp³-hybridized carbons (Fsp3) is 0.111. The molecule has 2 aromatic rings. The maximum atomic E-state index is 12.8. The molecule has 1 heterocycles. The van der Waals surface area contributed by atoms with Crippen LogP contribution in [0, 0.1) is 0 Å². The minimum absolute atomic E-state index is 0.261. The number of fused-ring (bicyclic) bond motifs is 1. The standard InChI is InChI=1S/C9H6F3N3O5S/c10-9(11,12)3-1-4-5(2-6(3)21(13,19)20)15(18)8(17)7(16)14-4/h1-2,18H,(H,14,16)(H2,13,19,20). The summed E-state index contributed by atoms with van der Waals surface area (Å²) in [5.74, 6) is 0. The lowest BCUT2D eigenvalue weighted by atomic mass is 10.2. The van der Waals surface area contributed by atoms with Gasteiger partial charge >= 0.3 is 17.3 Å². The molecule has 12 heteroatoms. The Balaban J connectivity index is 3.09. The number of alkyl halides is 3. The first-order valence-corrected chi connectivity index (χ1v) is 6.60. The maximum absolute atomic E-state index is 12.8. The van der Waals surface area contributed by atoms with Crippen molar-refractivity contribution in [2.75, 3.05) is 0 Å². The van der Waals surface area contributed by atoms with Gasteiger partial charge in [-0.3, -0.25) is 9.59 Å². The van der Waals surface area contributed by atoms with Crippen LogP contribution in [0.1, 0.15) is 5.56 Å². The van der Waals surface area contributed by atoms with Gasteiger partial charge < -0.3 is 10.2 Å². The van der Waals surface area contributed by atoms with Crippen molar-refractivity contribution in [3.8, 4) is 0 Å². The van der Waals surface area contributed by atoms with E-state index in [9.17, 15) is 36.4 Å². The molecule has 1 aromatic heterocycles. The summed E-state index contributed by atoms with van der Waals surface area (Å²) in [7, 11) is -4.79. The highest BCUT2D eigenvalue weighted by atomic mass is 32.2. The normalized spacial score (nSPS) is 12.8. The first-order chi connectivity index (χ1) is 9.43. The number of nitrogens with two attached hydrogens (primary N) is 1. The lowest BCUT2D eigenvalue weighted by Gasteiger charge is -2.13.